The lowest BCUT2D eigenvalue weighted by Crippen LogP contribution is -2.46. The second-order valence-corrected chi connectivity index (χ2v) is 10.2. The third-order valence-corrected chi connectivity index (χ3v) is 7.78. The molecule has 0 saturated heterocycles. The predicted octanol–water partition coefficient (Wildman–Crippen LogP) is 4.72. The lowest BCUT2D eigenvalue weighted by atomic mass is 10.0. The molecule has 2 aromatic carbocycles. The number of aromatic nitrogens is 2. The number of carbonyl (C=O) groups is 2. The Morgan fingerprint density at radius 1 is 1.06 bits per heavy atom. The van der Waals surface area contributed by atoms with Gasteiger partial charge in [-0.2, -0.15) is 5.10 Å². The van der Waals surface area contributed by atoms with Crippen molar-refractivity contribution in [2.24, 2.45) is 0 Å². The molecule has 34 heavy (non-hydrogen) atoms. The molecule has 6 nitrogen and oxygen atoms in total. The third-order valence-electron chi connectivity index (χ3n) is 6.72. The molecule has 1 saturated carbocycles. The van der Waals surface area contributed by atoms with Crippen molar-refractivity contribution < 1.29 is 9.59 Å². The average molecular weight is 475 g/mol. The van der Waals surface area contributed by atoms with Gasteiger partial charge in [0.05, 0.1) is 17.1 Å². The fourth-order valence-corrected chi connectivity index (χ4v) is 6.03. The molecule has 2 amide bonds. The van der Waals surface area contributed by atoms with Crippen LogP contribution in [-0.2, 0) is 16.1 Å². The number of hydrogen-bond acceptors (Lipinski definition) is 4. The van der Waals surface area contributed by atoms with Crippen LogP contribution in [0.5, 0.6) is 0 Å². The number of nitrogens with one attached hydrogen (secondary N) is 1. The summed E-state index contributed by atoms with van der Waals surface area (Å²) in [6, 6.07) is 17.5. The van der Waals surface area contributed by atoms with Gasteiger partial charge in [-0.1, -0.05) is 72.6 Å². The van der Waals surface area contributed by atoms with E-state index in [0.29, 0.717) is 6.54 Å². The van der Waals surface area contributed by atoms with E-state index < -0.39 is 6.04 Å². The summed E-state index contributed by atoms with van der Waals surface area (Å²) in [5, 5.41) is 8.95. The number of thioether (sulfide) groups is 1. The van der Waals surface area contributed by atoms with Gasteiger partial charge in [0.1, 0.15) is 11.1 Å². The van der Waals surface area contributed by atoms with Crippen molar-refractivity contribution in [2.75, 3.05) is 5.75 Å². The highest BCUT2D eigenvalue weighted by molar-refractivity contribution is 8.00. The van der Waals surface area contributed by atoms with E-state index in [-0.39, 0.29) is 23.6 Å². The van der Waals surface area contributed by atoms with E-state index in [4.69, 9.17) is 5.10 Å². The summed E-state index contributed by atoms with van der Waals surface area (Å²) in [5.74, 6) is 0.128. The van der Waals surface area contributed by atoms with E-state index in [1.54, 1.807) is 4.90 Å². The maximum atomic E-state index is 13.8. The molecule has 1 unspecified atom stereocenters. The van der Waals surface area contributed by atoms with E-state index in [1.165, 1.54) is 17.3 Å². The first-order valence-electron chi connectivity index (χ1n) is 11.9. The minimum atomic E-state index is -0.711. The van der Waals surface area contributed by atoms with Crippen LogP contribution < -0.4 is 5.32 Å². The number of fused-ring (bicyclic) bond motifs is 1. The molecule has 0 radical (unpaired) electrons. The van der Waals surface area contributed by atoms with Crippen molar-refractivity contribution in [3.63, 3.8) is 0 Å². The normalized spacial score (nSPS) is 18.6. The zero-order valence-electron chi connectivity index (χ0n) is 19.7. The van der Waals surface area contributed by atoms with E-state index in [1.807, 2.05) is 73.1 Å². The van der Waals surface area contributed by atoms with Crippen LogP contribution >= 0.6 is 11.8 Å². The lowest BCUT2D eigenvalue weighted by molar-refractivity contribution is -0.140. The van der Waals surface area contributed by atoms with E-state index in [2.05, 4.69) is 5.32 Å². The summed E-state index contributed by atoms with van der Waals surface area (Å²) in [6.45, 7) is 4.37. The molecule has 0 spiro atoms. The molecular formula is C27H30N4O2S. The van der Waals surface area contributed by atoms with Gasteiger partial charge in [-0.25, -0.2) is 4.68 Å². The smallest absolute Gasteiger partial charge is 0.247 e. The van der Waals surface area contributed by atoms with Crippen molar-refractivity contribution in [2.45, 2.75) is 63.2 Å². The lowest BCUT2D eigenvalue weighted by Gasteiger charge is -2.30. The van der Waals surface area contributed by atoms with E-state index >= 15 is 0 Å². The molecule has 1 aromatic heterocycles. The zero-order valence-corrected chi connectivity index (χ0v) is 20.5. The Kier molecular flexibility index (Phi) is 6.46. The van der Waals surface area contributed by atoms with Crippen LogP contribution in [-0.4, -0.2) is 38.3 Å². The zero-order chi connectivity index (χ0) is 23.7. The van der Waals surface area contributed by atoms with Crippen molar-refractivity contribution >= 4 is 23.6 Å². The molecule has 0 bridgehead atoms. The third kappa shape index (κ3) is 4.49. The second-order valence-electron chi connectivity index (χ2n) is 9.24. The number of para-hydroxylation sites is 1. The highest BCUT2D eigenvalue weighted by Gasteiger charge is 2.40. The predicted molar refractivity (Wildman–Crippen MR) is 134 cm³/mol. The van der Waals surface area contributed by atoms with Crippen molar-refractivity contribution in [1.29, 1.82) is 0 Å². The molecule has 1 aliphatic carbocycles. The fraction of sp³-hybridized carbons (Fsp3) is 0.370. The second kappa shape index (κ2) is 9.66. The van der Waals surface area contributed by atoms with Gasteiger partial charge in [-0.15, -0.1) is 0 Å². The number of nitrogens with zero attached hydrogens (tertiary/aromatic N) is 3. The van der Waals surface area contributed by atoms with Crippen LogP contribution in [0.2, 0.25) is 0 Å². The van der Waals surface area contributed by atoms with Crippen molar-refractivity contribution in [3.8, 4) is 5.69 Å². The van der Waals surface area contributed by atoms with Crippen LogP contribution in [0.4, 0.5) is 0 Å². The first-order chi connectivity index (χ1) is 16.5. The Morgan fingerprint density at radius 3 is 2.47 bits per heavy atom. The first kappa shape index (κ1) is 22.7. The molecule has 1 fully saturated rings. The monoisotopic (exact) mass is 474 g/mol. The largest absolute Gasteiger partial charge is 0.351 e. The highest BCUT2D eigenvalue weighted by Crippen LogP contribution is 2.39. The molecular weight excluding hydrogens is 444 g/mol. The van der Waals surface area contributed by atoms with Crippen LogP contribution in [0, 0.1) is 13.8 Å². The summed E-state index contributed by atoms with van der Waals surface area (Å²) < 4.78 is 1.88. The first-order valence-corrected chi connectivity index (χ1v) is 12.9. The Hall–Kier alpha value is -3.06. The van der Waals surface area contributed by atoms with Crippen molar-refractivity contribution in [3.05, 3.63) is 77.0 Å². The molecule has 2 heterocycles. The van der Waals surface area contributed by atoms with Gasteiger partial charge in [-0.05, 0) is 44.4 Å². The minimum Gasteiger partial charge on any atom is -0.351 e. The molecule has 2 aliphatic rings. The van der Waals surface area contributed by atoms with Gasteiger partial charge in [0.25, 0.3) is 0 Å². The SMILES string of the molecule is Cc1ccc(CN2C(=O)CSc3c(c(C)nn3-c3ccccc3)C2C(=O)NC2CCCC2)cc1. The summed E-state index contributed by atoms with van der Waals surface area (Å²) in [4.78, 5) is 29.0. The minimum absolute atomic E-state index is 0.0349. The number of carbonyl (C=O) groups excluding carboxylic acids is 2. The number of amides is 2. The average Bonchev–Trinajstić information content (AvgIpc) is 3.43. The van der Waals surface area contributed by atoms with Gasteiger partial charge in [0, 0.05) is 18.2 Å². The maximum absolute atomic E-state index is 13.8. The standard InChI is InChI=1S/C27H30N4O2S/c1-18-12-14-20(15-13-18)16-30-23(32)17-34-27-24(25(30)26(33)28-21-8-6-7-9-21)19(2)29-31(27)22-10-4-3-5-11-22/h3-5,10-15,21,25H,6-9,16-17H2,1-2H3,(H,28,33). The molecule has 1 N–H and O–H groups in total. The summed E-state index contributed by atoms with van der Waals surface area (Å²) in [7, 11) is 0. The van der Waals surface area contributed by atoms with Crippen molar-refractivity contribution in [1.82, 2.24) is 20.0 Å². The maximum Gasteiger partial charge on any atom is 0.247 e. The molecule has 3 aromatic rings. The molecule has 1 aliphatic heterocycles. The van der Waals surface area contributed by atoms with Gasteiger partial charge in [0.15, 0.2) is 0 Å². The Labute approximate surface area is 204 Å². The van der Waals surface area contributed by atoms with Gasteiger partial charge in [-0.3, -0.25) is 9.59 Å². The van der Waals surface area contributed by atoms with Gasteiger partial charge >= 0.3 is 0 Å². The van der Waals surface area contributed by atoms with E-state index in [0.717, 1.165) is 53.2 Å². The molecule has 176 valence electrons. The van der Waals surface area contributed by atoms with Crippen LogP contribution in [0.15, 0.2) is 59.6 Å². The fourth-order valence-electron chi connectivity index (χ4n) is 4.92. The van der Waals surface area contributed by atoms with E-state index in [9.17, 15) is 9.59 Å². The van der Waals surface area contributed by atoms with Crippen LogP contribution in [0.1, 0.15) is 54.1 Å². The number of hydrogen-bond donors (Lipinski definition) is 1. The quantitative estimate of drug-likeness (QED) is 0.581. The van der Waals surface area contributed by atoms with Crippen LogP contribution in [0.3, 0.4) is 0 Å². The van der Waals surface area contributed by atoms with Crippen LogP contribution in [0.25, 0.3) is 5.69 Å². The summed E-state index contributed by atoms with van der Waals surface area (Å²) in [5.41, 5.74) is 4.72. The molecule has 7 heteroatoms. The van der Waals surface area contributed by atoms with Gasteiger partial charge in [0.2, 0.25) is 11.8 Å². The number of aryl methyl sites for hydroxylation is 2. The Morgan fingerprint density at radius 2 is 1.76 bits per heavy atom. The Balaban J connectivity index is 1.58. The molecule has 1 atom stereocenters. The summed E-state index contributed by atoms with van der Waals surface area (Å²) in [6.07, 6.45) is 4.25. The van der Waals surface area contributed by atoms with Gasteiger partial charge < -0.3 is 10.2 Å². The number of benzene rings is 2. The topological polar surface area (TPSA) is 67.2 Å². The number of rotatable bonds is 5. The molecule has 5 rings (SSSR count). The summed E-state index contributed by atoms with van der Waals surface area (Å²) >= 11 is 1.47. The highest BCUT2D eigenvalue weighted by atomic mass is 32.2. The Bertz CT molecular complexity index is 1180.